The van der Waals surface area contributed by atoms with Crippen LogP contribution in [0.1, 0.15) is 30.2 Å². The molecule has 230 valence electrons. The van der Waals surface area contributed by atoms with E-state index in [9.17, 15) is 9.18 Å². The Morgan fingerprint density at radius 3 is 2.38 bits per heavy atom. The highest BCUT2D eigenvalue weighted by Gasteiger charge is 2.40. The summed E-state index contributed by atoms with van der Waals surface area (Å²) in [4.78, 5) is 30.2. The molecule has 0 unspecified atom stereocenters. The van der Waals surface area contributed by atoms with Crippen molar-refractivity contribution in [3.63, 3.8) is 0 Å². The highest BCUT2D eigenvalue weighted by Crippen LogP contribution is 2.35. The molecule has 1 amide bonds. The second-order valence-corrected chi connectivity index (χ2v) is 11.0. The summed E-state index contributed by atoms with van der Waals surface area (Å²) in [5.41, 5.74) is 3.55. The van der Waals surface area contributed by atoms with Crippen molar-refractivity contribution in [3.8, 4) is 28.4 Å². The number of hydrogen-bond donors (Lipinski definition) is 3. The zero-order valence-corrected chi connectivity index (χ0v) is 24.9. The maximum absolute atomic E-state index is 13.8. The quantitative estimate of drug-likeness (QED) is 0.186. The van der Waals surface area contributed by atoms with E-state index in [1.165, 1.54) is 12.1 Å². The fourth-order valence-electron chi connectivity index (χ4n) is 4.90. The molecule has 2 aromatic heterocycles. The number of H-pyrrole nitrogens is 1. The van der Waals surface area contributed by atoms with E-state index in [-0.39, 0.29) is 24.9 Å². The van der Waals surface area contributed by atoms with Gasteiger partial charge in [-0.05, 0) is 60.5 Å². The topological polar surface area (TPSA) is 123 Å². The number of nitrogens with zero attached hydrogens (tertiary/aromatic N) is 3. The van der Waals surface area contributed by atoms with Gasteiger partial charge in [0.15, 0.2) is 5.82 Å². The van der Waals surface area contributed by atoms with Crippen LogP contribution in [0.25, 0.3) is 22.6 Å². The van der Waals surface area contributed by atoms with Gasteiger partial charge in [-0.15, -0.1) is 0 Å². The lowest BCUT2D eigenvalue weighted by Gasteiger charge is -2.35. The van der Waals surface area contributed by atoms with Gasteiger partial charge in [0.2, 0.25) is 18.1 Å². The third kappa shape index (κ3) is 7.00. The van der Waals surface area contributed by atoms with Crippen molar-refractivity contribution in [1.82, 2.24) is 25.3 Å². The van der Waals surface area contributed by atoms with E-state index in [1.807, 2.05) is 61.5 Å². The van der Waals surface area contributed by atoms with E-state index in [1.54, 1.807) is 31.5 Å². The number of carbonyl (C=O) groups is 1. The molecular formula is C34H33FN6O4. The van der Waals surface area contributed by atoms with Crippen LogP contribution in [0, 0.1) is 11.2 Å². The lowest BCUT2D eigenvalue weighted by Crippen LogP contribution is -2.48. The number of aromatic amines is 1. The maximum Gasteiger partial charge on any atom is 0.230 e. The molecule has 1 fully saturated rings. The summed E-state index contributed by atoms with van der Waals surface area (Å²) >= 11 is 0. The Kier molecular flexibility index (Phi) is 8.81. The molecule has 45 heavy (non-hydrogen) atoms. The molecule has 11 heteroatoms. The molecule has 5 aromatic rings. The number of halogens is 1. The van der Waals surface area contributed by atoms with Crippen LogP contribution in [0.2, 0.25) is 0 Å². The Labute approximate surface area is 260 Å². The monoisotopic (exact) mass is 608 g/mol. The van der Waals surface area contributed by atoms with Gasteiger partial charge >= 0.3 is 0 Å². The SMILES string of the molecule is COc1ccc(CNc2nccc(-c3[nH]c(C4OCC(C)(C(=O)NCc5ccccc5)CO4)nc3-c3ccc(F)cc3)n2)cc1. The van der Waals surface area contributed by atoms with E-state index in [0.717, 1.165) is 16.9 Å². The van der Waals surface area contributed by atoms with Gasteiger partial charge in [0, 0.05) is 24.8 Å². The van der Waals surface area contributed by atoms with Crippen LogP contribution in [0.5, 0.6) is 5.75 Å². The van der Waals surface area contributed by atoms with E-state index in [4.69, 9.17) is 24.2 Å². The lowest BCUT2D eigenvalue weighted by atomic mass is 9.91. The molecular weight excluding hydrogens is 575 g/mol. The molecule has 10 nitrogen and oxygen atoms in total. The van der Waals surface area contributed by atoms with Crippen LogP contribution in [0.3, 0.4) is 0 Å². The molecule has 3 N–H and O–H groups in total. The smallest absolute Gasteiger partial charge is 0.230 e. The number of benzene rings is 3. The highest BCUT2D eigenvalue weighted by atomic mass is 19.1. The van der Waals surface area contributed by atoms with Gasteiger partial charge in [0.25, 0.3) is 0 Å². The summed E-state index contributed by atoms with van der Waals surface area (Å²) in [6.45, 7) is 2.99. The van der Waals surface area contributed by atoms with Gasteiger partial charge in [-0.3, -0.25) is 4.79 Å². The predicted molar refractivity (Wildman–Crippen MR) is 166 cm³/mol. The number of carbonyl (C=O) groups excluding carboxylic acids is 1. The Balaban J connectivity index is 1.20. The number of imidazole rings is 1. The van der Waals surface area contributed by atoms with E-state index >= 15 is 0 Å². The number of aromatic nitrogens is 4. The summed E-state index contributed by atoms with van der Waals surface area (Å²) in [6, 6.07) is 25.2. The average molecular weight is 609 g/mol. The molecule has 0 radical (unpaired) electrons. The fourth-order valence-corrected chi connectivity index (χ4v) is 4.90. The van der Waals surface area contributed by atoms with Gasteiger partial charge in [0.1, 0.15) is 11.6 Å². The second-order valence-electron chi connectivity index (χ2n) is 11.0. The van der Waals surface area contributed by atoms with Crippen molar-refractivity contribution in [2.24, 2.45) is 5.41 Å². The molecule has 0 spiro atoms. The van der Waals surface area contributed by atoms with Crippen LogP contribution < -0.4 is 15.4 Å². The minimum absolute atomic E-state index is 0.132. The number of anilines is 1. The van der Waals surface area contributed by atoms with Gasteiger partial charge in [-0.25, -0.2) is 19.3 Å². The Morgan fingerprint density at radius 1 is 0.956 bits per heavy atom. The third-order valence-corrected chi connectivity index (χ3v) is 7.54. The normalized spacial score (nSPS) is 17.9. The molecule has 0 aliphatic carbocycles. The highest BCUT2D eigenvalue weighted by molar-refractivity contribution is 5.82. The summed E-state index contributed by atoms with van der Waals surface area (Å²) in [5.74, 6) is 1.09. The molecule has 0 saturated carbocycles. The van der Waals surface area contributed by atoms with Gasteiger partial charge in [0.05, 0.1) is 42.8 Å². The first-order chi connectivity index (χ1) is 21.9. The van der Waals surface area contributed by atoms with Gasteiger partial charge in [-0.1, -0.05) is 42.5 Å². The standard InChI is InChI=1S/C34H33FN6O4/c1-34(32(42)37-18-22-6-4-3-5-7-22)20-44-31(45-21-34)30-40-28(24-10-12-25(35)13-11-24)29(41-30)27-16-17-36-33(39-27)38-19-23-8-14-26(43-2)15-9-23/h3-17,31H,18-21H2,1-2H3,(H,37,42)(H,40,41)(H,36,38,39). The average Bonchev–Trinajstić information content (AvgIpc) is 3.53. The maximum atomic E-state index is 13.8. The lowest BCUT2D eigenvalue weighted by molar-refractivity contribution is -0.231. The molecule has 1 aliphatic rings. The van der Waals surface area contributed by atoms with Crippen LogP contribution in [0.4, 0.5) is 10.3 Å². The minimum Gasteiger partial charge on any atom is -0.497 e. The summed E-state index contributed by atoms with van der Waals surface area (Å²) in [6.07, 6.45) is 0.809. The summed E-state index contributed by atoms with van der Waals surface area (Å²) < 4.78 is 31.1. The molecule has 0 atom stereocenters. The first-order valence-electron chi connectivity index (χ1n) is 14.5. The first kappa shape index (κ1) is 29.9. The van der Waals surface area contributed by atoms with E-state index in [2.05, 4.69) is 20.6 Å². The first-order valence-corrected chi connectivity index (χ1v) is 14.5. The fraction of sp³-hybridized carbons (Fsp3) is 0.235. The molecule has 1 saturated heterocycles. The number of ether oxygens (including phenoxy) is 3. The summed E-state index contributed by atoms with van der Waals surface area (Å²) in [5, 5.41) is 6.23. The number of rotatable bonds is 10. The van der Waals surface area contributed by atoms with Crippen LogP contribution in [-0.4, -0.2) is 46.2 Å². The molecule has 6 rings (SSSR count). The van der Waals surface area contributed by atoms with Crippen molar-refractivity contribution in [2.45, 2.75) is 26.3 Å². The van der Waals surface area contributed by atoms with Crippen molar-refractivity contribution < 1.29 is 23.4 Å². The Hall–Kier alpha value is -5.13. The molecule has 0 bridgehead atoms. The largest absolute Gasteiger partial charge is 0.497 e. The van der Waals surface area contributed by atoms with Crippen molar-refractivity contribution >= 4 is 11.9 Å². The number of amides is 1. The number of methoxy groups -OCH3 is 1. The predicted octanol–water partition coefficient (Wildman–Crippen LogP) is 5.66. The molecule has 3 aromatic carbocycles. The number of hydrogen-bond acceptors (Lipinski definition) is 8. The van der Waals surface area contributed by atoms with Crippen LogP contribution in [0.15, 0.2) is 91.1 Å². The van der Waals surface area contributed by atoms with Crippen molar-refractivity contribution in [2.75, 3.05) is 25.6 Å². The van der Waals surface area contributed by atoms with Crippen molar-refractivity contribution in [3.05, 3.63) is 114 Å². The van der Waals surface area contributed by atoms with Gasteiger partial charge < -0.3 is 29.8 Å². The Bertz CT molecular complexity index is 1740. The van der Waals surface area contributed by atoms with E-state index in [0.29, 0.717) is 47.5 Å². The zero-order chi connectivity index (χ0) is 31.2. The minimum atomic E-state index is -0.877. The van der Waals surface area contributed by atoms with Crippen molar-refractivity contribution in [1.29, 1.82) is 0 Å². The van der Waals surface area contributed by atoms with Gasteiger partial charge in [-0.2, -0.15) is 0 Å². The zero-order valence-electron chi connectivity index (χ0n) is 24.9. The summed E-state index contributed by atoms with van der Waals surface area (Å²) in [7, 11) is 1.63. The van der Waals surface area contributed by atoms with Crippen LogP contribution in [-0.2, 0) is 27.4 Å². The molecule has 3 heterocycles. The second kappa shape index (κ2) is 13.2. The number of nitrogens with one attached hydrogen (secondary N) is 3. The van der Waals surface area contributed by atoms with Crippen LogP contribution >= 0.6 is 0 Å². The Morgan fingerprint density at radius 2 is 1.67 bits per heavy atom. The van der Waals surface area contributed by atoms with E-state index < -0.39 is 11.7 Å². The third-order valence-electron chi connectivity index (χ3n) is 7.54. The molecule has 1 aliphatic heterocycles.